The van der Waals surface area contributed by atoms with Gasteiger partial charge in [-0.3, -0.25) is 0 Å². The number of hydrogen-bond donors (Lipinski definition) is 2. The predicted molar refractivity (Wildman–Crippen MR) is 76.2 cm³/mol. The van der Waals surface area contributed by atoms with E-state index in [0.717, 1.165) is 5.69 Å². The van der Waals surface area contributed by atoms with Crippen LogP contribution in [0.15, 0.2) is 59.6 Å². The summed E-state index contributed by atoms with van der Waals surface area (Å²) < 4.78 is 0. The second-order valence-corrected chi connectivity index (χ2v) is 3.54. The Bertz CT molecular complexity index is 593. The quantitative estimate of drug-likeness (QED) is 0.649. The maximum Gasteiger partial charge on any atom is 0.339 e. The van der Waals surface area contributed by atoms with E-state index in [0.29, 0.717) is 0 Å². The minimum atomic E-state index is -1.11. The molecule has 0 aliphatic heterocycles. The van der Waals surface area contributed by atoms with E-state index in [2.05, 4.69) is 22.4 Å². The molecule has 0 heterocycles. The number of carboxylic acids is 1. The Morgan fingerprint density at radius 1 is 1.05 bits per heavy atom. The number of thiocarbonyl (C=S) groups is 1. The van der Waals surface area contributed by atoms with E-state index in [-0.39, 0.29) is 11.3 Å². The van der Waals surface area contributed by atoms with Gasteiger partial charge in [-0.1, -0.05) is 30.3 Å². The summed E-state index contributed by atoms with van der Waals surface area (Å²) in [6, 6.07) is 15.3. The number of carbonyl (C=O) groups is 1. The van der Waals surface area contributed by atoms with E-state index in [1.807, 2.05) is 30.3 Å². The zero-order valence-corrected chi connectivity index (χ0v) is 10.7. The van der Waals surface area contributed by atoms with E-state index < -0.39 is 5.97 Å². The lowest BCUT2D eigenvalue weighted by Crippen LogP contribution is -1.95. The van der Waals surface area contributed by atoms with Gasteiger partial charge < -0.3 is 10.2 Å². The zero-order chi connectivity index (χ0) is 14.1. The minimum Gasteiger partial charge on any atom is -0.507 e. The van der Waals surface area contributed by atoms with Crippen molar-refractivity contribution in [3.05, 3.63) is 60.2 Å². The Balaban J connectivity index is 0.000000191. The topological polar surface area (TPSA) is 69.9 Å². The summed E-state index contributed by atoms with van der Waals surface area (Å²) in [5, 5.41) is 19.6. The highest BCUT2D eigenvalue weighted by Crippen LogP contribution is 2.14. The molecule has 2 aromatic carbocycles. The van der Waals surface area contributed by atoms with E-state index in [4.69, 9.17) is 10.2 Å². The first-order chi connectivity index (χ1) is 9.15. The molecule has 0 atom stereocenters. The molecule has 0 unspecified atom stereocenters. The molecule has 0 spiro atoms. The highest BCUT2D eigenvalue weighted by Gasteiger charge is 2.05. The van der Waals surface area contributed by atoms with Gasteiger partial charge in [-0.25, -0.2) is 4.79 Å². The molecule has 19 heavy (non-hydrogen) atoms. The summed E-state index contributed by atoms with van der Waals surface area (Å²) in [4.78, 5) is 14.0. The number of carboxylic acid groups (broad SMARTS) is 1. The molecule has 0 amide bonds. The maximum atomic E-state index is 10.3. The van der Waals surface area contributed by atoms with E-state index >= 15 is 0 Å². The van der Waals surface area contributed by atoms with E-state index in [1.54, 1.807) is 12.1 Å². The van der Waals surface area contributed by atoms with Gasteiger partial charge in [0.1, 0.15) is 11.3 Å². The van der Waals surface area contributed by atoms with Crippen molar-refractivity contribution in [1.82, 2.24) is 0 Å². The fourth-order valence-electron chi connectivity index (χ4n) is 1.21. The summed E-state index contributed by atoms with van der Waals surface area (Å²) in [6.07, 6.45) is 0. The van der Waals surface area contributed by atoms with E-state index in [9.17, 15) is 4.79 Å². The summed E-state index contributed by atoms with van der Waals surface area (Å²) in [7, 11) is 0. The Labute approximate surface area is 115 Å². The molecule has 2 aromatic rings. The normalized spacial score (nSPS) is 8.63. The van der Waals surface area contributed by atoms with Gasteiger partial charge in [0.2, 0.25) is 0 Å². The van der Waals surface area contributed by atoms with Crippen LogP contribution in [-0.4, -0.2) is 21.3 Å². The zero-order valence-electron chi connectivity index (χ0n) is 9.85. The van der Waals surface area contributed by atoms with Crippen molar-refractivity contribution in [2.45, 2.75) is 0 Å². The van der Waals surface area contributed by atoms with Crippen molar-refractivity contribution >= 4 is 29.0 Å². The SMILES string of the molecule is O=C(O)c1ccccc1O.S=C=Nc1ccccc1. The third-order valence-corrected chi connectivity index (χ3v) is 2.16. The minimum absolute atomic E-state index is 0.0671. The molecule has 5 heteroatoms. The van der Waals surface area contributed by atoms with Crippen LogP contribution in [0.25, 0.3) is 0 Å². The molecule has 0 fully saturated rings. The molecule has 2 N–H and O–H groups in total. The fourth-order valence-corrected chi connectivity index (χ4v) is 1.32. The molecule has 0 aliphatic carbocycles. The lowest BCUT2D eigenvalue weighted by Gasteiger charge is -1.95. The van der Waals surface area contributed by atoms with Crippen LogP contribution in [-0.2, 0) is 0 Å². The van der Waals surface area contributed by atoms with Crippen LogP contribution in [0.1, 0.15) is 10.4 Å². The molecule has 0 aliphatic rings. The first kappa shape index (κ1) is 14.6. The predicted octanol–water partition coefficient (Wildman–Crippen LogP) is 3.51. The van der Waals surface area contributed by atoms with Crippen LogP contribution in [0.3, 0.4) is 0 Å². The van der Waals surface area contributed by atoms with Crippen molar-refractivity contribution in [3.8, 4) is 5.75 Å². The molecule has 0 bridgehead atoms. The molecule has 0 saturated carbocycles. The lowest BCUT2D eigenvalue weighted by atomic mass is 10.2. The number of nitrogens with zero attached hydrogens (tertiary/aromatic N) is 1. The highest BCUT2D eigenvalue weighted by molar-refractivity contribution is 7.78. The monoisotopic (exact) mass is 273 g/mol. The number of aromatic hydroxyl groups is 1. The van der Waals surface area contributed by atoms with Crippen LogP contribution in [0, 0.1) is 0 Å². The van der Waals surface area contributed by atoms with Gasteiger partial charge in [-0.05, 0) is 36.5 Å². The van der Waals surface area contributed by atoms with Crippen molar-refractivity contribution in [1.29, 1.82) is 0 Å². The lowest BCUT2D eigenvalue weighted by molar-refractivity contribution is 0.0694. The number of para-hydroxylation sites is 2. The summed E-state index contributed by atoms with van der Waals surface area (Å²) in [5.41, 5.74) is 0.787. The first-order valence-electron chi connectivity index (χ1n) is 5.29. The van der Waals surface area contributed by atoms with Gasteiger partial charge >= 0.3 is 5.97 Å². The Hall–Kier alpha value is -2.49. The van der Waals surface area contributed by atoms with Gasteiger partial charge in [-0.2, -0.15) is 4.99 Å². The van der Waals surface area contributed by atoms with E-state index in [1.165, 1.54) is 12.1 Å². The number of benzene rings is 2. The third-order valence-electron chi connectivity index (χ3n) is 2.07. The Morgan fingerprint density at radius 3 is 2.11 bits per heavy atom. The second kappa shape index (κ2) is 7.76. The smallest absolute Gasteiger partial charge is 0.339 e. The molecule has 2 rings (SSSR count). The number of aliphatic imine (C=N–C) groups is 1. The number of isothiocyanates is 1. The molecular weight excluding hydrogens is 262 g/mol. The molecule has 4 nitrogen and oxygen atoms in total. The fraction of sp³-hybridized carbons (Fsp3) is 0. The van der Waals surface area contributed by atoms with Gasteiger partial charge in [0.25, 0.3) is 0 Å². The maximum absolute atomic E-state index is 10.3. The second-order valence-electron chi connectivity index (χ2n) is 3.36. The first-order valence-corrected chi connectivity index (χ1v) is 5.70. The number of phenols is 1. The van der Waals surface area contributed by atoms with Crippen LogP contribution in [0.4, 0.5) is 5.69 Å². The third kappa shape index (κ3) is 5.12. The van der Waals surface area contributed by atoms with Gasteiger partial charge in [0.15, 0.2) is 0 Å². The summed E-state index contributed by atoms with van der Waals surface area (Å²) in [6.45, 7) is 0. The van der Waals surface area contributed by atoms with Crippen LogP contribution in [0.2, 0.25) is 0 Å². The van der Waals surface area contributed by atoms with Crippen LogP contribution >= 0.6 is 12.2 Å². The molecule has 0 aromatic heterocycles. The molecule has 0 radical (unpaired) electrons. The van der Waals surface area contributed by atoms with Gasteiger partial charge in [-0.15, -0.1) is 0 Å². The van der Waals surface area contributed by atoms with Crippen LogP contribution in [0.5, 0.6) is 5.75 Å². The average molecular weight is 273 g/mol. The largest absolute Gasteiger partial charge is 0.507 e. The molecular formula is C14H11NO3S. The number of aromatic carboxylic acids is 1. The highest BCUT2D eigenvalue weighted by atomic mass is 32.1. The Kier molecular flexibility index (Phi) is 5.95. The summed E-state index contributed by atoms with van der Waals surface area (Å²) in [5.74, 6) is -1.31. The standard InChI is InChI=1S/C7H5NS.C7H6O3/c9-6-8-7-4-2-1-3-5-7;8-6-4-2-1-3-5(6)7(9)10/h1-5H;1-4,8H,(H,9,10). The van der Waals surface area contributed by atoms with Gasteiger partial charge in [0, 0.05) is 0 Å². The molecule has 0 saturated heterocycles. The van der Waals surface area contributed by atoms with Crippen molar-refractivity contribution in [2.75, 3.05) is 0 Å². The van der Waals surface area contributed by atoms with Crippen molar-refractivity contribution in [2.24, 2.45) is 4.99 Å². The number of rotatable bonds is 2. The van der Waals surface area contributed by atoms with Gasteiger partial charge in [0.05, 0.1) is 10.8 Å². The van der Waals surface area contributed by atoms with Crippen LogP contribution < -0.4 is 0 Å². The van der Waals surface area contributed by atoms with Crippen molar-refractivity contribution < 1.29 is 15.0 Å². The number of hydrogen-bond acceptors (Lipinski definition) is 4. The molecule has 96 valence electrons. The van der Waals surface area contributed by atoms with Crippen molar-refractivity contribution in [3.63, 3.8) is 0 Å². The summed E-state index contributed by atoms with van der Waals surface area (Å²) >= 11 is 4.42. The average Bonchev–Trinajstić information content (AvgIpc) is 2.41. The Morgan fingerprint density at radius 2 is 1.63 bits per heavy atom.